The fourth-order valence-corrected chi connectivity index (χ4v) is 2.76. The summed E-state index contributed by atoms with van der Waals surface area (Å²) < 4.78 is 2.04. The molecule has 1 fully saturated rings. The summed E-state index contributed by atoms with van der Waals surface area (Å²) in [4.78, 5) is 12.2. The summed E-state index contributed by atoms with van der Waals surface area (Å²) in [7, 11) is 0. The van der Waals surface area contributed by atoms with Crippen LogP contribution in [-0.2, 0) is 11.3 Å². The first kappa shape index (κ1) is 16.4. The van der Waals surface area contributed by atoms with Crippen LogP contribution in [-0.4, -0.2) is 27.2 Å². The molecule has 1 amide bonds. The molecule has 1 aromatic heterocycles. The van der Waals surface area contributed by atoms with Crippen molar-refractivity contribution in [1.82, 2.24) is 20.1 Å². The summed E-state index contributed by atoms with van der Waals surface area (Å²) >= 11 is 0. The van der Waals surface area contributed by atoms with E-state index >= 15 is 0 Å². The lowest BCUT2D eigenvalue weighted by molar-refractivity contribution is -0.116. The van der Waals surface area contributed by atoms with Gasteiger partial charge in [-0.2, -0.15) is 0 Å². The maximum Gasteiger partial charge on any atom is 0.244 e. The highest BCUT2D eigenvalue weighted by Gasteiger charge is 2.28. The average Bonchev–Trinajstić information content (AvgIpc) is 3.32. The SMILES string of the molecule is CC/C(=C\C(=O)NCCn1cnnc1C1CC1)c1ccc(C)cc1. The van der Waals surface area contributed by atoms with Gasteiger partial charge in [0.25, 0.3) is 0 Å². The highest BCUT2D eigenvalue weighted by atomic mass is 16.1. The number of aryl methyl sites for hydroxylation is 1. The summed E-state index contributed by atoms with van der Waals surface area (Å²) in [5.74, 6) is 1.57. The topological polar surface area (TPSA) is 59.8 Å². The van der Waals surface area contributed by atoms with Gasteiger partial charge in [-0.15, -0.1) is 10.2 Å². The summed E-state index contributed by atoms with van der Waals surface area (Å²) in [6.07, 6.45) is 6.68. The zero-order chi connectivity index (χ0) is 16.9. The van der Waals surface area contributed by atoms with Crippen LogP contribution in [0.1, 0.15) is 49.1 Å². The monoisotopic (exact) mass is 324 g/mol. The highest BCUT2D eigenvalue weighted by Crippen LogP contribution is 2.38. The second-order valence-electron chi connectivity index (χ2n) is 6.34. The fourth-order valence-electron chi connectivity index (χ4n) is 2.76. The van der Waals surface area contributed by atoms with Crippen LogP contribution in [0.15, 0.2) is 36.7 Å². The molecule has 0 unspecified atom stereocenters. The molecule has 0 spiro atoms. The van der Waals surface area contributed by atoms with Crippen LogP contribution in [0.25, 0.3) is 5.57 Å². The number of amides is 1. The van der Waals surface area contributed by atoms with E-state index in [4.69, 9.17) is 0 Å². The minimum atomic E-state index is -0.0477. The first-order valence-corrected chi connectivity index (χ1v) is 8.60. The Morgan fingerprint density at radius 2 is 2.08 bits per heavy atom. The van der Waals surface area contributed by atoms with E-state index < -0.39 is 0 Å². The number of aromatic nitrogens is 3. The summed E-state index contributed by atoms with van der Waals surface area (Å²) in [6, 6.07) is 8.28. The van der Waals surface area contributed by atoms with E-state index in [2.05, 4.69) is 53.6 Å². The predicted molar refractivity (Wildman–Crippen MR) is 94.5 cm³/mol. The van der Waals surface area contributed by atoms with E-state index in [1.807, 2.05) is 4.57 Å². The molecule has 1 N–H and O–H groups in total. The van der Waals surface area contributed by atoms with Crippen LogP contribution in [0.4, 0.5) is 0 Å². The molecule has 126 valence electrons. The van der Waals surface area contributed by atoms with Crippen molar-refractivity contribution in [3.05, 3.63) is 53.6 Å². The lowest BCUT2D eigenvalue weighted by Gasteiger charge is -2.08. The summed E-state index contributed by atoms with van der Waals surface area (Å²) in [5.41, 5.74) is 3.38. The second kappa shape index (κ2) is 7.43. The van der Waals surface area contributed by atoms with Crippen molar-refractivity contribution < 1.29 is 4.79 Å². The van der Waals surface area contributed by atoms with Gasteiger partial charge in [-0.3, -0.25) is 4.79 Å². The van der Waals surface area contributed by atoms with Crippen molar-refractivity contribution in [2.24, 2.45) is 0 Å². The van der Waals surface area contributed by atoms with Gasteiger partial charge in [0, 0.05) is 25.1 Å². The van der Waals surface area contributed by atoms with Gasteiger partial charge < -0.3 is 9.88 Å². The molecule has 3 rings (SSSR count). The van der Waals surface area contributed by atoms with Crippen molar-refractivity contribution in [2.45, 2.75) is 45.6 Å². The van der Waals surface area contributed by atoms with Gasteiger partial charge in [0.1, 0.15) is 12.2 Å². The number of benzene rings is 1. The minimum Gasteiger partial charge on any atom is -0.351 e. The van der Waals surface area contributed by atoms with E-state index in [0.29, 0.717) is 19.0 Å². The van der Waals surface area contributed by atoms with Gasteiger partial charge in [0.15, 0.2) is 0 Å². The quantitative estimate of drug-likeness (QED) is 0.796. The van der Waals surface area contributed by atoms with E-state index in [1.165, 1.54) is 18.4 Å². The highest BCUT2D eigenvalue weighted by molar-refractivity contribution is 5.95. The number of rotatable bonds is 7. The van der Waals surface area contributed by atoms with Crippen molar-refractivity contribution in [2.75, 3.05) is 6.54 Å². The van der Waals surface area contributed by atoms with Crippen molar-refractivity contribution >= 4 is 11.5 Å². The Bertz CT molecular complexity index is 726. The Labute approximate surface area is 142 Å². The minimum absolute atomic E-state index is 0.0477. The Hall–Kier alpha value is -2.43. The standard InChI is InChI=1S/C19H24N4O/c1-3-15(16-6-4-14(2)5-7-16)12-18(24)20-10-11-23-13-21-22-19(23)17-8-9-17/h4-7,12-13,17H,3,8-11H2,1-2H3,(H,20,24)/b15-12+. The Morgan fingerprint density at radius 1 is 1.33 bits per heavy atom. The molecule has 0 aliphatic heterocycles. The maximum absolute atomic E-state index is 12.2. The lowest BCUT2D eigenvalue weighted by Crippen LogP contribution is -2.26. The molecular formula is C19H24N4O. The first-order valence-electron chi connectivity index (χ1n) is 8.60. The van der Waals surface area contributed by atoms with Crippen molar-refractivity contribution in [3.8, 4) is 0 Å². The molecule has 0 radical (unpaired) electrons. The first-order chi connectivity index (χ1) is 11.7. The molecular weight excluding hydrogens is 300 g/mol. The number of carbonyl (C=O) groups is 1. The van der Waals surface area contributed by atoms with Gasteiger partial charge in [-0.05, 0) is 37.3 Å². The number of hydrogen-bond acceptors (Lipinski definition) is 3. The van der Waals surface area contributed by atoms with Gasteiger partial charge in [-0.25, -0.2) is 0 Å². The maximum atomic E-state index is 12.2. The van der Waals surface area contributed by atoms with Gasteiger partial charge in [0.05, 0.1) is 0 Å². The number of nitrogens with zero attached hydrogens (tertiary/aromatic N) is 3. The molecule has 1 aliphatic carbocycles. The van der Waals surface area contributed by atoms with Crippen molar-refractivity contribution in [1.29, 1.82) is 0 Å². The average molecular weight is 324 g/mol. The Morgan fingerprint density at radius 3 is 2.75 bits per heavy atom. The van der Waals surface area contributed by atoms with Gasteiger partial charge in [-0.1, -0.05) is 36.8 Å². The van der Waals surface area contributed by atoms with Crippen LogP contribution in [0.2, 0.25) is 0 Å². The third-order valence-electron chi connectivity index (χ3n) is 4.35. The Kier molecular flexibility index (Phi) is 5.08. The number of hydrogen-bond donors (Lipinski definition) is 1. The van der Waals surface area contributed by atoms with E-state index in [0.717, 1.165) is 23.4 Å². The second-order valence-corrected chi connectivity index (χ2v) is 6.34. The lowest BCUT2D eigenvalue weighted by atomic mass is 10.0. The van der Waals surface area contributed by atoms with Crippen LogP contribution in [0.5, 0.6) is 0 Å². The largest absolute Gasteiger partial charge is 0.351 e. The number of nitrogens with one attached hydrogen (secondary N) is 1. The van der Waals surface area contributed by atoms with Crippen LogP contribution >= 0.6 is 0 Å². The van der Waals surface area contributed by atoms with E-state index in [-0.39, 0.29) is 5.91 Å². The van der Waals surface area contributed by atoms with E-state index in [9.17, 15) is 4.79 Å². The predicted octanol–water partition coefficient (Wildman–Crippen LogP) is 3.07. The molecule has 5 nitrogen and oxygen atoms in total. The Balaban J connectivity index is 1.55. The molecule has 0 saturated heterocycles. The molecule has 1 heterocycles. The zero-order valence-electron chi connectivity index (χ0n) is 14.3. The van der Waals surface area contributed by atoms with Gasteiger partial charge >= 0.3 is 0 Å². The van der Waals surface area contributed by atoms with Crippen LogP contribution < -0.4 is 5.32 Å². The molecule has 0 bridgehead atoms. The van der Waals surface area contributed by atoms with Gasteiger partial charge in [0.2, 0.25) is 5.91 Å². The molecule has 1 aromatic carbocycles. The summed E-state index contributed by atoms with van der Waals surface area (Å²) in [5, 5.41) is 11.1. The molecule has 5 heteroatoms. The third-order valence-corrected chi connectivity index (χ3v) is 4.35. The molecule has 0 atom stereocenters. The summed E-state index contributed by atoms with van der Waals surface area (Å²) in [6.45, 7) is 5.42. The van der Waals surface area contributed by atoms with E-state index in [1.54, 1.807) is 12.4 Å². The molecule has 1 aliphatic rings. The molecule has 1 saturated carbocycles. The van der Waals surface area contributed by atoms with Crippen molar-refractivity contribution in [3.63, 3.8) is 0 Å². The smallest absolute Gasteiger partial charge is 0.244 e. The zero-order valence-corrected chi connectivity index (χ0v) is 14.3. The third kappa shape index (κ3) is 4.10. The molecule has 24 heavy (non-hydrogen) atoms. The van der Waals surface area contributed by atoms with Crippen LogP contribution in [0.3, 0.4) is 0 Å². The normalized spacial score (nSPS) is 14.7. The van der Waals surface area contributed by atoms with Crippen LogP contribution in [0, 0.1) is 6.92 Å². The number of carbonyl (C=O) groups excluding carboxylic acids is 1. The number of allylic oxidation sites excluding steroid dienone is 1. The molecule has 2 aromatic rings. The fraction of sp³-hybridized carbons (Fsp3) is 0.421.